The number of nitrogens with zero attached hydrogens (tertiary/aromatic N) is 1. The van der Waals surface area contributed by atoms with Crippen molar-refractivity contribution in [3.05, 3.63) is 0 Å². The number of amides is 1. The minimum Gasteiger partial charge on any atom is -0.341 e. The second kappa shape index (κ2) is 4.52. The Balaban J connectivity index is 1.85. The maximum Gasteiger partial charge on any atom is 0.240 e. The van der Waals surface area contributed by atoms with Gasteiger partial charge in [0, 0.05) is 13.1 Å². The second-order valence-corrected chi connectivity index (χ2v) is 4.95. The first-order chi connectivity index (χ1) is 6.79. The fourth-order valence-corrected chi connectivity index (χ4v) is 2.61. The summed E-state index contributed by atoms with van der Waals surface area (Å²) in [6, 6.07) is 0. The van der Waals surface area contributed by atoms with E-state index in [9.17, 15) is 4.79 Å². The van der Waals surface area contributed by atoms with Crippen molar-refractivity contribution in [2.24, 2.45) is 5.92 Å². The van der Waals surface area contributed by atoms with Gasteiger partial charge < -0.3 is 4.90 Å². The number of piperidine rings is 1. The van der Waals surface area contributed by atoms with Gasteiger partial charge in [0.25, 0.3) is 0 Å². The number of carbonyl (C=O) groups is 1. The molecule has 1 unspecified atom stereocenters. The molecule has 0 aromatic carbocycles. The van der Waals surface area contributed by atoms with Crippen molar-refractivity contribution < 1.29 is 4.79 Å². The highest BCUT2D eigenvalue weighted by atomic mass is 35.5. The Hall–Kier alpha value is -0.240. The average Bonchev–Trinajstić information content (AvgIpc) is 2.15. The summed E-state index contributed by atoms with van der Waals surface area (Å²) in [4.78, 5) is 13.9. The smallest absolute Gasteiger partial charge is 0.240 e. The van der Waals surface area contributed by atoms with Crippen molar-refractivity contribution >= 4 is 17.5 Å². The van der Waals surface area contributed by atoms with E-state index in [-0.39, 0.29) is 11.3 Å². The lowest BCUT2D eigenvalue weighted by Crippen LogP contribution is -2.44. The van der Waals surface area contributed by atoms with Gasteiger partial charge in [-0.2, -0.15) is 0 Å². The summed E-state index contributed by atoms with van der Waals surface area (Å²) in [6.07, 6.45) is 7.11. The number of carbonyl (C=O) groups excluding carboxylic acids is 1. The molecule has 1 aliphatic heterocycles. The summed E-state index contributed by atoms with van der Waals surface area (Å²) in [5.74, 6) is 0.655. The molecule has 0 spiro atoms. The molecule has 14 heavy (non-hydrogen) atoms. The van der Waals surface area contributed by atoms with Gasteiger partial charge in [-0.3, -0.25) is 4.79 Å². The van der Waals surface area contributed by atoms with Crippen molar-refractivity contribution in [1.29, 1.82) is 0 Å². The number of hydrogen-bond donors (Lipinski definition) is 0. The molecule has 1 amide bonds. The molecule has 2 nitrogen and oxygen atoms in total. The van der Waals surface area contributed by atoms with Crippen molar-refractivity contribution in [1.82, 2.24) is 4.90 Å². The fraction of sp³-hybridized carbons (Fsp3) is 0.909. The average molecular weight is 216 g/mol. The zero-order valence-electron chi connectivity index (χ0n) is 8.54. The van der Waals surface area contributed by atoms with Crippen molar-refractivity contribution in [3.8, 4) is 0 Å². The molecule has 80 valence electrons. The summed E-state index contributed by atoms with van der Waals surface area (Å²) in [5, 5.41) is -0.234. The highest BCUT2D eigenvalue weighted by Crippen LogP contribution is 2.33. The summed E-state index contributed by atoms with van der Waals surface area (Å²) >= 11 is 6.18. The molecule has 1 aliphatic carbocycles. The molecular formula is C11H18ClNO. The van der Waals surface area contributed by atoms with Gasteiger partial charge in [-0.25, -0.2) is 0 Å². The molecule has 2 aliphatic rings. The summed E-state index contributed by atoms with van der Waals surface area (Å²) < 4.78 is 0. The fourth-order valence-electron chi connectivity index (χ4n) is 2.22. The normalized spacial score (nSPS) is 25.6. The lowest BCUT2D eigenvalue weighted by molar-refractivity contribution is -0.133. The van der Waals surface area contributed by atoms with Gasteiger partial charge in [0.1, 0.15) is 5.38 Å². The minimum absolute atomic E-state index is 0.191. The molecule has 3 heteroatoms. The van der Waals surface area contributed by atoms with Gasteiger partial charge >= 0.3 is 0 Å². The zero-order valence-corrected chi connectivity index (χ0v) is 9.30. The molecule has 1 heterocycles. The van der Waals surface area contributed by atoms with E-state index in [2.05, 4.69) is 0 Å². The molecule has 2 fully saturated rings. The molecular weight excluding hydrogens is 198 g/mol. The summed E-state index contributed by atoms with van der Waals surface area (Å²) in [6.45, 7) is 1.85. The maximum absolute atomic E-state index is 11.9. The van der Waals surface area contributed by atoms with Crippen molar-refractivity contribution in [2.75, 3.05) is 13.1 Å². The Bertz CT molecular complexity index is 205. The summed E-state index contributed by atoms with van der Waals surface area (Å²) in [7, 11) is 0. The topological polar surface area (TPSA) is 20.3 Å². The van der Waals surface area contributed by atoms with Crippen molar-refractivity contribution in [2.45, 2.75) is 43.9 Å². The van der Waals surface area contributed by atoms with E-state index in [0.29, 0.717) is 5.92 Å². The van der Waals surface area contributed by atoms with Gasteiger partial charge in [-0.1, -0.05) is 6.42 Å². The van der Waals surface area contributed by atoms with E-state index in [1.165, 1.54) is 12.8 Å². The third kappa shape index (κ3) is 2.05. The van der Waals surface area contributed by atoms with Crippen LogP contribution in [0.4, 0.5) is 0 Å². The molecule has 2 rings (SSSR count). The number of alkyl halides is 1. The largest absolute Gasteiger partial charge is 0.341 e. The van der Waals surface area contributed by atoms with Gasteiger partial charge in [-0.05, 0) is 38.0 Å². The Morgan fingerprint density at radius 2 is 1.79 bits per heavy atom. The van der Waals surface area contributed by atoms with Crippen molar-refractivity contribution in [3.63, 3.8) is 0 Å². The third-order valence-corrected chi connectivity index (χ3v) is 4.01. The first-order valence-corrected chi connectivity index (χ1v) is 6.15. The zero-order chi connectivity index (χ0) is 9.97. The molecule has 0 bridgehead atoms. The Morgan fingerprint density at radius 3 is 2.29 bits per heavy atom. The quantitative estimate of drug-likeness (QED) is 0.648. The van der Waals surface area contributed by atoms with E-state index in [4.69, 9.17) is 11.6 Å². The number of hydrogen-bond acceptors (Lipinski definition) is 1. The van der Waals surface area contributed by atoms with Gasteiger partial charge in [0.15, 0.2) is 0 Å². The molecule has 1 saturated heterocycles. The standard InChI is InChI=1S/C11H18ClNO/c12-10(9-5-4-6-9)11(14)13-7-2-1-3-8-13/h9-10H,1-8H2. The van der Waals surface area contributed by atoms with Gasteiger partial charge in [0.05, 0.1) is 0 Å². The monoisotopic (exact) mass is 215 g/mol. The van der Waals surface area contributed by atoms with E-state index in [1.54, 1.807) is 0 Å². The maximum atomic E-state index is 11.9. The molecule has 0 aromatic rings. The van der Waals surface area contributed by atoms with Crippen LogP contribution in [-0.2, 0) is 4.79 Å². The Morgan fingerprint density at radius 1 is 1.14 bits per heavy atom. The first kappa shape index (κ1) is 10.3. The van der Waals surface area contributed by atoms with E-state index in [1.807, 2.05) is 4.90 Å². The van der Waals surface area contributed by atoms with Crippen LogP contribution in [0, 0.1) is 5.92 Å². The lowest BCUT2D eigenvalue weighted by Gasteiger charge is -2.34. The first-order valence-electron chi connectivity index (χ1n) is 5.72. The highest BCUT2D eigenvalue weighted by Gasteiger charge is 2.33. The second-order valence-electron chi connectivity index (χ2n) is 4.48. The SMILES string of the molecule is O=C(C(Cl)C1CCC1)N1CCCCC1. The third-order valence-electron chi connectivity index (χ3n) is 3.47. The minimum atomic E-state index is -0.234. The predicted molar refractivity (Wildman–Crippen MR) is 57.4 cm³/mol. The highest BCUT2D eigenvalue weighted by molar-refractivity contribution is 6.31. The van der Waals surface area contributed by atoms with E-state index >= 15 is 0 Å². The molecule has 0 radical (unpaired) electrons. The molecule has 0 N–H and O–H groups in total. The Kier molecular flexibility index (Phi) is 3.32. The van der Waals surface area contributed by atoms with Crippen LogP contribution in [0.15, 0.2) is 0 Å². The Labute approximate surface area is 90.6 Å². The van der Waals surface area contributed by atoms with Crippen LogP contribution in [0.5, 0.6) is 0 Å². The number of halogens is 1. The predicted octanol–water partition coefficient (Wildman–Crippen LogP) is 2.41. The van der Waals surface area contributed by atoms with Crippen LogP contribution in [0.25, 0.3) is 0 Å². The number of rotatable bonds is 2. The van der Waals surface area contributed by atoms with Crippen LogP contribution in [-0.4, -0.2) is 29.3 Å². The van der Waals surface area contributed by atoms with E-state index < -0.39 is 0 Å². The molecule has 0 aromatic heterocycles. The number of likely N-dealkylation sites (tertiary alicyclic amines) is 1. The molecule has 1 atom stereocenters. The summed E-state index contributed by atoms with van der Waals surface area (Å²) in [5.41, 5.74) is 0. The van der Waals surface area contributed by atoms with Crippen LogP contribution in [0.1, 0.15) is 38.5 Å². The van der Waals surface area contributed by atoms with E-state index in [0.717, 1.165) is 38.8 Å². The van der Waals surface area contributed by atoms with Gasteiger partial charge in [-0.15, -0.1) is 11.6 Å². The van der Waals surface area contributed by atoms with Crippen LogP contribution >= 0.6 is 11.6 Å². The lowest BCUT2D eigenvalue weighted by atomic mass is 9.82. The molecule has 1 saturated carbocycles. The van der Waals surface area contributed by atoms with Crippen LogP contribution in [0.3, 0.4) is 0 Å². The van der Waals surface area contributed by atoms with Crippen LogP contribution in [0.2, 0.25) is 0 Å². The van der Waals surface area contributed by atoms with Gasteiger partial charge in [0.2, 0.25) is 5.91 Å². The van der Waals surface area contributed by atoms with Crippen LogP contribution < -0.4 is 0 Å².